The highest BCUT2D eigenvalue weighted by molar-refractivity contribution is 7.85. The second-order valence-electron chi connectivity index (χ2n) is 12.3. The molecule has 2 aliphatic heterocycles. The number of ether oxygens (including phenoxy) is 7. The first-order valence-corrected chi connectivity index (χ1v) is 17.6. The van der Waals surface area contributed by atoms with Gasteiger partial charge in [-0.2, -0.15) is 8.42 Å². The molecule has 49 heavy (non-hydrogen) atoms. The van der Waals surface area contributed by atoms with Crippen LogP contribution in [0.3, 0.4) is 0 Å². The van der Waals surface area contributed by atoms with Crippen molar-refractivity contribution >= 4 is 28.1 Å². The van der Waals surface area contributed by atoms with Crippen molar-refractivity contribution in [2.45, 2.75) is 70.4 Å². The lowest BCUT2D eigenvalue weighted by Crippen LogP contribution is -2.37. The van der Waals surface area contributed by atoms with Crippen LogP contribution in [0.25, 0.3) is 6.08 Å². The number of cyclic esters (lactones) is 1. The molecular weight excluding hydrogens is 660 g/mol. The van der Waals surface area contributed by atoms with Crippen LogP contribution in [0.4, 0.5) is 0 Å². The molecule has 2 aliphatic rings. The third kappa shape index (κ3) is 11.1. The number of aliphatic hydroxyl groups is 1. The Bertz CT molecular complexity index is 1600. The number of aliphatic hydroxyl groups excluding tert-OH is 1. The van der Waals surface area contributed by atoms with Gasteiger partial charge in [-0.05, 0) is 57.0 Å². The van der Waals surface area contributed by atoms with Crippen LogP contribution in [-0.2, 0) is 38.0 Å². The number of esters is 2. The van der Waals surface area contributed by atoms with Gasteiger partial charge in [0.2, 0.25) is 0 Å². The van der Waals surface area contributed by atoms with Gasteiger partial charge in [0.15, 0.2) is 12.6 Å². The Hall–Kier alpha value is -3.79. The minimum atomic E-state index is -3.76. The van der Waals surface area contributed by atoms with Crippen LogP contribution >= 0.6 is 0 Å². The van der Waals surface area contributed by atoms with E-state index in [1.165, 1.54) is 13.2 Å². The minimum Gasteiger partial charge on any atom is -0.491 e. The van der Waals surface area contributed by atoms with E-state index in [0.29, 0.717) is 17.5 Å². The highest BCUT2D eigenvalue weighted by atomic mass is 32.2. The Kier molecular flexibility index (Phi) is 13.0. The number of rotatable bonds is 11. The van der Waals surface area contributed by atoms with Crippen LogP contribution in [0.2, 0.25) is 0 Å². The summed E-state index contributed by atoms with van der Waals surface area (Å²) in [6, 6.07) is 11.7. The molecule has 14 heteroatoms. The number of fused-ring (bicyclic) bond motifs is 2. The second-order valence-corrected chi connectivity index (χ2v) is 13.9. The van der Waals surface area contributed by atoms with Crippen LogP contribution in [-0.4, -0.2) is 95.1 Å². The van der Waals surface area contributed by atoms with Crippen molar-refractivity contribution in [2.24, 2.45) is 5.92 Å². The standard InChI is InChI=1S/C35H44O13S/c1-22-15-16-28(46-33(37)24-11-8-7-9-12-24)32-29(47-35(3,4)48-32)14-10-13-25-17-27(42-19-26(36)20-44-49(6,39)40)18-30(43-21-41-5)31(25)34(38)45-23(22)2/h7-13,15-18,22-23,26,28-29,32,36H,14,19-21H2,1-6H3/t22-,23+,26?,28?,29+,32-/m1/s1. The van der Waals surface area contributed by atoms with E-state index >= 15 is 0 Å². The summed E-state index contributed by atoms with van der Waals surface area (Å²) >= 11 is 0. The topological polar surface area (TPSA) is 162 Å². The highest BCUT2D eigenvalue weighted by Gasteiger charge is 2.45. The van der Waals surface area contributed by atoms with Gasteiger partial charge in [-0.25, -0.2) is 9.59 Å². The first kappa shape index (κ1) is 38.0. The molecule has 0 radical (unpaired) electrons. The molecule has 4 rings (SSSR count). The summed E-state index contributed by atoms with van der Waals surface area (Å²) in [7, 11) is -2.34. The molecule has 1 fully saturated rings. The fourth-order valence-corrected chi connectivity index (χ4v) is 5.54. The van der Waals surface area contributed by atoms with E-state index in [2.05, 4.69) is 4.18 Å². The molecule has 0 aromatic heterocycles. The summed E-state index contributed by atoms with van der Waals surface area (Å²) in [6.07, 6.45) is 4.23. The zero-order valence-corrected chi connectivity index (χ0v) is 29.2. The number of carbonyl (C=O) groups excluding carboxylic acids is 2. The monoisotopic (exact) mass is 704 g/mol. The van der Waals surface area contributed by atoms with Crippen LogP contribution in [0.15, 0.2) is 60.7 Å². The summed E-state index contributed by atoms with van der Waals surface area (Å²) in [6.45, 7) is 6.15. The van der Waals surface area contributed by atoms with Gasteiger partial charge < -0.3 is 38.3 Å². The average molecular weight is 705 g/mol. The van der Waals surface area contributed by atoms with Crippen molar-refractivity contribution in [3.63, 3.8) is 0 Å². The maximum Gasteiger partial charge on any atom is 0.342 e. The molecule has 2 unspecified atom stereocenters. The largest absolute Gasteiger partial charge is 0.491 e. The quantitative estimate of drug-likeness (QED) is 0.153. The maximum absolute atomic E-state index is 13.7. The summed E-state index contributed by atoms with van der Waals surface area (Å²) in [5.41, 5.74) is 0.860. The van der Waals surface area contributed by atoms with Crippen molar-refractivity contribution < 1.29 is 60.5 Å². The molecular formula is C35H44O13S. The molecule has 6 atom stereocenters. The first-order chi connectivity index (χ1) is 23.2. The lowest BCUT2D eigenvalue weighted by molar-refractivity contribution is -0.152. The van der Waals surface area contributed by atoms with Crippen LogP contribution in [0.5, 0.6) is 11.5 Å². The van der Waals surface area contributed by atoms with Gasteiger partial charge in [0, 0.05) is 19.1 Å². The molecule has 1 N–H and O–H groups in total. The Morgan fingerprint density at radius 1 is 1.06 bits per heavy atom. The first-order valence-electron chi connectivity index (χ1n) is 15.8. The molecule has 0 spiro atoms. The Morgan fingerprint density at radius 2 is 1.80 bits per heavy atom. The third-order valence-corrected chi connectivity index (χ3v) is 8.23. The van der Waals surface area contributed by atoms with E-state index in [1.54, 1.807) is 69.3 Å². The number of carbonyl (C=O) groups is 2. The van der Waals surface area contributed by atoms with Crippen LogP contribution in [0.1, 0.15) is 60.4 Å². The van der Waals surface area contributed by atoms with E-state index in [-0.39, 0.29) is 36.4 Å². The van der Waals surface area contributed by atoms with Gasteiger partial charge in [-0.3, -0.25) is 4.18 Å². The lowest BCUT2D eigenvalue weighted by atomic mass is 9.98. The second kappa shape index (κ2) is 16.7. The van der Waals surface area contributed by atoms with Gasteiger partial charge in [0.25, 0.3) is 10.1 Å². The summed E-state index contributed by atoms with van der Waals surface area (Å²) < 4.78 is 68.3. The molecule has 13 nitrogen and oxygen atoms in total. The summed E-state index contributed by atoms with van der Waals surface area (Å²) in [5.74, 6) is -2.19. The number of hydrogen-bond acceptors (Lipinski definition) is 13. The molecule has 268 valence electrons. The van der Waals surface area contributed by atoms with Gasteiger partial charge in [-0.1, -0.05) is 43.4 Å². The zero-order valence-electron chi connectivity index (χ0n) is 28.4. The third-order valence-electron chi connectivity index (χ3n) is 7.66. The predicted molar refractivity (Wildman–Crippen MR) is 178 cm³/mol. The molecule has 0 saturated carbocycles. The molecule has 0 aliphatic carbocycles. The fourth-order valence-electron chi connectivity index (χ4n) is 5.13. The Balaban J connectivity index is 1.70. The van der Waals surface area contributed by atoms with Crippen molar-refractivity contribution in [3.05, 3.63) is 77.4 Å². The Morgan fingerprint density at radius 3 is 2.49 bits per heavy atom. The zero-order chi connectivity index (χ0) is 35.8. The SMILES string of the molecule is COCOc1cc(OCC(O)COS(C)(=O)=O)cc2c1C(=O)O[C@@H](C)[C@H](C)C=CC(OC(=O)c1ccccc1)[C@H]1OC(C)(C)O[C@H]1CC=C2. The normalized spacial score (nSPS) is 24.6. The number of methoxy groups -OCH3 is 1. The lowest BCUT2D eigenvalue weighted by Gasteiger charge is -2.26. The van der Waals surface area contributed by atoms with E-state index in [1.807, 2.05) is 19.1 Å². The van der Waals surface area contributed by atoms with Crippen molar-refractivity contribution in [1.29, 1.82) is 0 Å². The summed E-state index contributed by atoms with van der Waals surface area (Å²) in [4.78, 5) is 26.9. The smallest absolute Gasteiger partial charge is 0.342 e. The maximum atomic E-state index is 13.7. The van der Waals surface area contributed by atoms with Crippen molar-refractivity contribution in [3.8, 4) is 11.5 Å². The molecule has 1 saturated heterocycles. The number of hydrogen-bond donors (Lipinski definition) is 1. The van der Waals surface area contributed by atoms with E-state index in [0.717, 1.165) is 6.26 Å². The Labute approximate surface area is 286 Å². The van der Waals surface area contributed by atoms with E-state index in [4.69, 9.17) is 33.2 Å². The predicted octanol–water partition coefficient (Wildman–Crippen LogP) is 4.29. The highest BCUT2D eigenvalue weighted by Crippen LogP contribution is 2.36. The van der Waals surface area contributed by atoms with Gasteiger partial charge in [0.05, 0.1) is 24.5 Å². The fraction of sp³-hybridized carbons (Fsp3) is 0.486. The molecule has 2 aromatic carbocycles. The van der Waals surface area contributed by atoms with Gasteiger partial charge >= 0.3 is 11.9 Å². The molecule has 0 amide bonds. The van der Waals surface area contributed by atoms with Crippen molar-refractivity contribution in [1.82, 2.24) is 0 Å². The average Bonchev–Trinajstić information content (AvgIpc) is 3.36. The van der Waals surface area contributed by atoms with E-state index < -0.39 is 65.0 Å². The van der Waals surface area contributed by atoms with Gasteiger partial charge in [-0.15, -0.1) is 0 Å². The van der Waals surface area contributed by atoms with Crippen LogP contribution < -0.4 is 9.47 Å². The minimum absolute atomic E-state index is 0.0979. The molecule has 0 bridgehead atoms. The molecule has 2 heterocycles. The van der Waals surface area contributed by atoms with Crippen molar-refractivity contribution in [2.75, 3.05) is 33.4 Å². The van der Waals surface area contributed by atoms with Gasteiger partial charge in [0.1, 0.15) is 48.1 Å². The van der Waals surface area contributed by atoms with E-state index in [9.17, 15) is 23.1 Å². The number of benzene rings is 2. The molecule has 2 aromatic rings. The van der Waals surface area contributed by atoms with Crippen LogP contribution in [0, 0.1) is 5.92 Å². The summed E-state index contributed by atoms with van der Waals surface area (Å²) in [5, 5.41) is 10.2.